The van der Waals surface area contributed by atoms with Gasteiger partial charge in [-0.3, -0.25) is 0 Å². The molecule has 0 aromatic rings. The van der Waals surface area contributed by atoms with Gasteiger partial charge in [0, 0.05) is 35.7 Å². The first-order valence-corrected chi connectivity index (χ1v) is 24.6. The maximum atomic E-state index is 10.5. The number of carboxylic acid groups (broad SMARTS) is 3. The van der Waals surface area contributed by atoms with Gasteiger partial charge in [-0.2, -0.15) is 37.9 Å². The van der Waals surface area contributed by atoms with E-state index in [-0.39, 0.29) is 17.8 Å². The zero-order valence-electron chi connectivity index (χ0n) is 33.4. The quantitative estimate of drug-likeness (QED) is 0.0344. The number of thiol groups is 3. The number of unbranched alkanes of at least 4 members (excludes halogenated alkanes) is 20. The van der Waals surface area contributed by atoms with Crippen molar-refractivity contribution in [3.63, 3.8) is 0 Å². The van der Waals surface area contributed by atoms with Crippen molar-refractivity contribution in [2.45, 2.75) is 205 Å². The van der Waals surface area contributed by atoms with E-state index in [1.165, 1.54) is 120 Å². The molecule has 0 aromatic heterocycles. The Hall–Kier alpha value is 0.259. The Labute approximate surface area is 346 Å². The summed E-state index contributed by atoms with van der Waals surface area (Å²) in [6.07, 6.45) is 32.3. The molecule has 0 fully saturated rings. The van der Waals surface area contributed by atoms with Crippen LogP contribution in [0, 0.1) is 17.8 Å². The first-order valence-electron chi connectivity index (χ1n) is 20.7. The zero-order chi connectivity index (χ0) is 39.4. The van der Waals surface area contributed by atoms with Crippen molar-refractivity contribution >= 4 is 78.3 Å². The van der Waals surface area contributed by atoms with Crippen LogP contribution in [0.1, 0.15) is 201 Å². The third kappa shape index (κ3) is 50.3. The second-order valence-electron chi connectivity index (χ2n) is 13.8. The van der Waals surface area contributed by atoms with E-state index < -0.39 is 17.9 Å². The average Bonchev–Trinajstić information content (AvgIpc) is 3.11. The predicted octanol–water partition coefficient (Wildman–Crippen LogP) is 9.03. The Morgan fingerprint density at radius 2 is 0.588 bits per heavy atom. The molecule has 0 aromatic carbocycles. The molecule has 10 heteroatoms. The SMILES string of the molecule is CCCCCCCCC(CS)C(=O)[O-].CCCCCCCCC(CS)C(=O)[O-].CCCCCCCCC(CS)C(=O)[O-].CCCCCCC[CH2][Sn+3]. The standard InChI is InChI=1S/3C11H22O2S.C8H17.Sn/c3*1-2-3-4-5-6-7-8-10(9-14)11(12)13;1-3-5-7-8-6-4-2;/h3*10,14H,2-9H2,1H3,(H,12,13);1,3-8H2,2H3;/q;;;;+3/p-3. The van der Waals surface area contributed by atoms with Gasteiger partial charge < -0.3 is 29.7 Å². The fourth-order valence-electron chi connectivity index (χ4n) is 5.27. The summed E-state index contributed by atoms with van der Waals surface area (Å²) in [7, 11) is 0. The van der Waals surface area contributed by atoms with Crippen LogP contribution in [-0.2, 0) is 14.4 Å². The van der Waals surface area contributed by atoms with E-state index in [2.05, 4.69) is 65.6 Å². The number of hydrogen-bond acceptors (Lipinski definition) is 9. The van der Waals surface area contributed by atoms with Crippen molar-refractivity contribution < 1.29 is 29.7 Å². The minimum atomic E-state index is -0.950. The number of rotatable bonds is 33. The molecule has 0 heterocycles. The van der Waals surface area contributed by atoms with Gasteiger partial charge in [0.2, 0.25) is 0 Å². The maximum absolute atomic E-state index is 10.5. The van der Waals surface area contributed by atoms with E-state index in [1.807, 2.05) is 0 Å². The number of carbonyl (C=O) groups is 3. The fraction of sp³-hybridized carbons (Fsp3) is 0.927. The van der Waals surface area contributed by atoms with E-state index >= 15 is 0 Å². The molecule has 3 unspecified atom stereocenters. The molecule has 0 saturated carbocycles. The minimum absolute atomic E-state index is 0.357. The van der Waals surface area contributed by atoms with Crippen molar-refractivity contribution in [3.8, 4) is 0 Å². The molecule has 0 aliphatic rings. The summed E-state index contributed by atoms with van der Waals surface area (Å²) in [5, 5.41) is 31.6. The summed E-state index contributed by atoms with van der Waals surface area (Å²) in [6, 6.07) is 0. The van der Waals surface area contributed by atoms with Crippen LogP contribution in [0.2, 0.25) is 4.44 Å². The van der Waals surface area contributed by atoms with E-state index in [0.29, 0.717) is 17.3 Å². The van der Waals surface area contributed by atoms with Gasteiger partial charge >= 0.3 is 72.4 Å². The molecular formula is C41H80O6S3Sn. The molecule has 0 bridgehead atoms. The number of hydrogen-bond donors (Lipinski definition) is 3. The third-order valence-corrected chi connectivity index (χ3v) is 11.2. The van der Waals surface area contributed by atoms with Gasteiger partial charge in [-0.15, -0.1) is 0 Å². The van der Waals surface area contributed by atoms with E-state index in [9.17, 15) is 29.7 Å². The topological polar surface area (TPSA) is 120 Å². The predicted molar refractivity (Wildman–Crippen MR) is 225 cm³/mol. The van der Waals surface area contributed by atoms with E-state index in [1.54, 1.807) is 22.5 Å². The Bertz CT molecular complexity index is 630. The molecule has 6 nitrogen and oxygen atoms in total. The molecule has 0 aliphatic heterocycles. The number of aliphatic carboxylic acids is 3. The van der Waals surface area contributed by atoms with Gasteiger partial charge in [-0.25, -0.2) is 0 Å². The summed E-state index contributed by atoms with van der Waals surface area (Å²) in [4.78, 5) is 31.6. The Balaban J connectivity index is -0.000000292. The zero-order valence-corrected chi connectivity index (χ0v) is 39.0. The van der Waals surface area contributed by atoms with Crippen LogP contribution in [-0.4, -0.2) is 57.7 Å². The summed E-state index contributed by atoms with van der Waals surface area (Å²) in [5.41, 5.74) is 0. The van der Waals surface area contributed by atoms with Gasteiger partial charge in [0.05, 0.1) is 0 Å². The first-order chi connectivity index (χ1) is 24.6. The summed E-state index contributed by atoms with van der Waals surface area (Å²) in [5.74, 6) is -2.72. The van der Waals surface area contributed by atoms with Crippen molar-refractivity contribution in [1.82, 2.24) is 0 Å². The molecule has 0 saturated heterocycles. The van der Waals surface area contributed by atoms with Crippen molar-refractivity contribution in [1.29, 1.82) is 0 Å². The number of carboxylic acids is 3. The van der Waals surface area contributed by atoms with Crippen LogP contribution in [0.3, 0.4) is 0 Å². The molecule has 0 radical (unpaired) electrons. The molecule has 302 valence electrons. The average molecular weight is 884 g/mol. The van der Waals surface area contributed by atoms with Crippen molar-refractivity contribution in [2.75, 3.05) is 17.3 Å². The fourth-order valence-corrected chi connectivity index (χ4v) is 6.98. The van der Waals surface area contributed by atoms with Gasteiger partial charge in [-0.1, -0.05) is 136 Å². The van der Waals surface area contributed by atoms with Crippen LogP contribution in [0.5, 0.6) is 0 Å². The molecule has 0 amide bonds. The Morgan fingerprint density at radius 3 is 0.765 bits per heavy atom. The second kappa shape index (κ2) is 50.3. The molecule has 0 N–H and O–H groups in total. The van der Waals surface area contributed by atoms with Gasteiger partial charge in [-0.05, 0) is 36.5 Å². The molecule has 51 heavy (non-hydrogen) atoms. The van der Waals surface area contributed by atoms with Crippen LogP contribution >= 0.6 is 37.9 Å². The third-order valence-electron chi connectivity index (χ3n) is 8.91. The first kappa shape index (κ1) is 58.0. The van der Waals surface area contributed by atoms with Gasteiger partial charge in [0.25, 0.3) is 0 Å². The summed E-state index contributed by atoms with van der Waals surface area (Å²) >= 11 is 13.7. The molecule has 0 spiro atoms. The summed E-state index contributed by atoms with van der Waals surface area (Å²) < 4.78 is 1.46. The van der Waals surface area contributed by atoms with Crippen LogP contribution in [0.4, 0.5) is 0 Å². The van der Waals surface area contributed by atoms with Gasteiger partial charge in [0.15, 0.2) is 0 Å². The van der Waals surface area contributed by atoms with E-state index in [4.69, 9.17) is 0 Å². The van der Waals surface area contributed by atoms with Crippen LogP contribution < -0.4 is 15.3 Å². The Kier molecular flexibility index (Phi) is 57.1. The molecule has 3 atom stereocenters. The molecular weight excluding hydrogens is 803 g/mol. The summed E-state index contributed by atoms with van der Waals surface area (Å²) in [6.45, 7) is 8.83. The molecule has 0 aliphatic carbocycles. The second-order valence-corrected chi connectivity index (χ2v) is 16.3. The molecule has 0 rings (SSSR count). The number of carbonyl (C=O) groups excluding carboxylic acids is 3. The normalized spacial score (nSPS) is 12.3. The van der Waals surface area contributed by atoms with Gasteiger partial charge in [0.1, 0.15) is 0 Å². The van der Waals surface area contributed by atoms with E-state index in [0.717, 1.165) is 57.8 Å². The monoisotopic (exact) mass is 884 g/mol. The van der Waals surface area contributed by atoms with Crippen LogP contribution in [0.25, 0.3) is 0 Å². The van der Waals surface area contributed by atoms with Crippen molar-refractivity contribution in [3.05, 3.63) is 0 Å². The Morgan fingerprint density at radius 1 is 0.392 bits per heavy atom. The van der Waals surface area contributed by atoms with Crippen LogP contribution in [0.15, 0.2) is 0 Å². The van der Waals surface area contributed by atoms with Crippen molar-refractivity contribution in [2.24, 2.45) is 17.8 Å².